The second-order valence-electron chi connectivity index (χ2n) is 3.87. The van der Waals surface area contributed by atoms with Crippen LogP contribution in [-0.4, -0.2) is 7.05 Å². The topological polar surface area (TPSA) is 12.0 Å². The summed E-state index contributed by atoms with van der Waals surface area (Å²) < 4.78 is 27.4. The first kappa shape index (κ1) is 13.5. The molecule has 0 saturated carbocycles. The van der Waals surface area contributed by atoms with Crippen LogP contribution in [0.5, 0.6) is 0 Å². The van der Waals surface area contributed by atoms with Gasteiger partial charge in [-0.25, -0.2) is 8.78 Å². The molecule has 1 nitrogen and oxygen atoms in total. The number of rotatable bonds is 4. The minimum atomic E-state index is -0.540. The van der Waals surface area contributed by atoms with Gasteiger partial charge in [-0.3, -0.25) is 0 Å². The number of thiophene rings is 1. The standard InChI is InChI=1S/C13H12ClF2NS/c1-17-11(7-12-8(14)5-6-18-12)13-9(15)3-2-4-10(13)16/h2-6,11,17H,7H2,1H3. The van der Waals surface area contributed by atoms with Gasteiger partial charge in [-0.15, -0.1) is 11.3 Å². The molecule has 0 fully saturated rings. The van der Waals surface area contributed by atoms with Crippen molar-refractivity contribution < 1.29 is 8.78 Å². The normalized spacial score (nSPS) is 12.7. The van der Waals surface area contributed by atoms with E-state index >= 15 is 0 Å². The molecule has 0 amide bonds. The summed E-state index contributed by atoms with van der Waals surface area (Å²) in [5, 5.41) is 5.43. The van der Waals surface area contributed by atoms with Gasteiger partial charge in [0.25, 0.3) is 0 Å². The molecule has 5 heteroatoms. The first-order valence-corrected chi connectivity index (χ1v) is 6.72. The molecule has 18 heavy (non-hydrogen) atoms. The van der Waals surface area contributed by atoms with Crippen molar-refractivity contribution in [3.63, 3.8) is 0 Å². The Morgan fingerprint density at radius 3 is 2.44 bits per heavy atom. The Morgan fingerprint density at radius 1 is 1.28 bits per heavy atom. The lowest BCUT2D eigenvalue weighted by Gasteiger charge is -2.17. The molecule has 2 aromatic rings. The number of benzene rings is 1. The predicted molar refractivity (Wildman–Crippen MR) is 71.2 cm³/mol. The van der Waals surface area contributed by atoms with Crippen LogP contribution in [0, 0.1) is 11.6 Å². The van der Waals surface area contributed by atoms with E-state index in [4.69, 9.17) is 11.6 Å². The maximum Gasteiger partial charge on any atom is 0.130 e. The molecule has 1 heterocycles. The molecular formula is C13H12ClF2NS. The fourth-order valence-corrected chi connectivity index (χ4v) is 3.01. The van der Waals surface area contributed by atoms with Gasteiger partial charge in [0.1, 0.15) is 11.6 Å². The van der Waals surface area contributed by atoms with Crippen LogP contribution in [0.4, 0.5) is 8.78 Å². The van der Waals surface area contributed by atoms with Crippen molar-refractivity contribution in [2.45, 2.75) is 12.5 Å². The molecule has 0 aliphatic rings. The predicted octanol–water partition coefficient (Wildman–Crippen LogP) is 4.18. The summed E-state index contributed by atoms with van der Waals surface area (Å²) in [7, 11) is 1.68. The number of halogens is 3. The van der Waals surface area contributed by atoms with Crippen LogP contribution < -0.4 is 5.32 Å². The molecule has 1 aromatic heterocycles. The van der Waals surface area contributed by atoms with Gasteiger partial charge in [0.15, 0.2) is 0 Å². The van der Waals surface area contributed by atoms with E-state index in [1.165, 1.54) is 29.5 Å². The van der Waals surface area contributed by atoms with Gasteiger partial charge in [-0.1, -0.05) is 17.7 Å². The highest BCUT2D eigenvalue weighted by molar-refractivity contribution is 7.10. The lowest BCUT2D eigenvalue weighted by Crippen LogP contribution is -2.21. The van der Waals surface area contributed by atoms with Gasteiger partial charge < -0.3 is 5.32 Å². The minimum absolute atomic E-state index is 0.0597. The van der Waals surface area contributed by atoms with E-state index in [9.17, 15) is 8.78 Å². The molecule has 1 aromatic carbocycles. The molecule has 1 unspecified atom stereocenters. The first-order valence-electron chi connectivity index (χ1n) is 5.46. The molecule has 1 atom stereocenters. The fraction of sp³-hybridized carbons (Fsp3) is 0.231. The molecule has 0 radical (unpaired) electrons. The summed E-state index contributed by atoms with van der Waals surface area (Å²) in [5.74, 6) is -1.08. The average molecular weight is 288 g/mol. The molecule has 0 aliphatic heterocycles. The highest BCUT2D eigenvalue weighted by atomic mass is 35.5. The van der Waals surface area contributed by atoms with Crippen molar-refractivity contribution in [1.29, 1.82) is 0 Å². The Kier molecular flexibility index (Phi) is 4.32. The van der Waals surface area contributed by atoms with E-state index in [0.29, 0.717) is 11.4 Å². The van der Waals surface area contributed by atoms with Crippen LogP contribution in [-0.2, 0) is 6.42 Å². The molecular weight excluding hydrogens is 276 g/mol. The molecule has 0 spiro atoms. The van der Waals surface area contributed by atoms with Crippen LogP contribution in [0.25, 0.3) is 0 Å². The lowest BCUT2D eigenvalue weighted by molar-refractivity contribution is 0.491. The Labute approximate surface area is 113 Å². The van der Waals surface area contributed by atoms with Crippen molar-refractivity contribution in [3.05, 3.63) is 56.7 Å². The van der Waals surface area contributed by atoms with Gasteiger partial charge in [0.05, 0.1) is 5.02 Å². The van der Waals surface area contributed by atoms with Crippen LogP contribution in [0.15, 0.2) is 29.6 Å². The summed E-state index contributed by atoms with van der Waals surface area (Å²) in [6.07, 6.45) is 0.463. The maximum atomic E-state index is 13.7. The second kappa shape index (κ2) is 5.78. The van der Waals surface area contributed by atoms with E-state index in [1.807, 2.05) is 5.38 Å². The van der Waals surface area contributed by atoms with Crippen LogP contribution in [0.3, 0.4) is 0 Å². The zero-order valence-corrected chi connectivity index (χ0v) is 11.3. The third kappa shape index (κ3) is 2.71. The van der Waals surface area contributed by atoms with E-state index in [2.05, 4.69) is 5.32 Å². The largest absolute Gasteiger partial charge is 0.313 e. The first-order chi connectivity index (χ1) is 8.63. The Hall–Kier alpha value is -0.970. The van der Waals surface area contributed by atoms with E-state index < -0.39 is 17.7 Å². The van der Waals surface area contributed by atoms with E-state index in [1.54, 1.807) is 13.1 Å². The number of likely N-dealkylation sites (N-methyl/N-ethyl adjacent to an activating group) is 1. The fourth-order valence-electron chi connectivity index (χ4n) is 1.85. The smallest absolute Gasteiger partial charge is 0.130 e. The molecule has 0 bridgehead atoms. The number of nitrogens with one attached hydrogen (secondary N) is 1. The molecule has 96 valence electrons. The zero-order chi connectivity index (χ0) is 13.1. The zero-order valence-electron chi connectivity index (χ0n) is 9.71. The van der Waals surface area contributed by atoms with Crippen molar-refractivity contribution in [2.24, 2.45) is 0 Å². The second-order valence-corrected chi connectivity index (χ2v) is 5.28. The van der Waals surface area contributed by atoms with E-state index in [0.717, 1.165) is 4.88 Å². The van der Waals surface area contributed by atoms with E-state index in [-0.39, 0.29) is 5.56 Å². The SMILES string of the molecule is CNC(Cc1sccc1Cl)c1c(F)cccc1F. The Bertz CT molecular complexity index is 521. The van der Waals surface area contributed by atoms with Crippen molar-refractivity contribution in [3.8, 4) is 0 Å². The minimum Gasteiger partial charge on any atom is -0.313 e. The Balaban J connectivity index is 2.32. The van der Waals surface area contributed by atoms with Crippen molar-refractivity contribution in [1.82, 2.24) is 5.32 Å². The summed E-state index contributed by atoms with van der Waals surface area (Å²) in [6, 6.07) is 5.24. The van der Waals surface area contributed by atoms with Crippen LogP contribution in [0.1, 0.15) is 16.5 Å². The summed E-state index contributed by atoms with van der Waals surface area (Å²) in [6.45, 7) is 0. The Morgan fingerprint density at radius 2 is 1.94 bits per heavy atom. The lowest BCUT2D eigenvalue weighted by atomic mass is 10.0. The van der Waals surface area contributed by atoms with Crippen LogP contribution >= 0.6 is 22.9 Å². The highest BCUT2D eigenvalue weighted by Crippen LogP contribution is 2.29. The van der Waals surface area contributed by atoms with Gasteiger partial charge in [0, 0.05) is 22.9 Å². The van der Waals surface area contributed by atoms with Crippen LogP contribution in [0.2, 0.25) is 5.02 Å². The van der Waals surface area contributed by atoms with Crippen molar-refractivity contribution >= 4 is 22.9 Å². The monoisotopic (exact) mass is 287 g/mol. The molecule has 2 rings (SSSR count). The quantitative estimate of drug-likeness (QED) is 0.889. The molecule has 1 N–H and O–H groups in total. The van der Waals surface area contributed by atoms with Crippen molar-refractivity contribution in [2.75, 3.05) is 7.05 Å². The third-order valence-electron chi connectivity index (χ3n) is 2.78. The van der Waals surface area contributed by atoms with Gasteiger partial charge in [-0.2, -0.15) is 0 Å². The number of hydrogen-bond acceptors (Lipinski definition) is 2. The van der Waals surface area contributed by atoms with Gasteiger partial charge >= 0.3 is 0 Å². The summed E-state index contributed by atoms with van der Waals surface area (Å²) in [4.78, 5) is 0.915. The summed E-state index contributed by atoms with van der Waals surface area (Å²) >= 11 is 7.49. The van der Waals surface area contributed by atoms with Gasteiger partial charge in [0.2, 0.25) is 0 Å². The highest BCUT2D eigenvalue weighted by Gasteiger charge is 2.20. The van der Waals surface area contributed by atoms with Gasteiger partial charge in [-0.05, 0) is 30.6 Å². The molecule has 0 aliphatic carbocycles. The third-order valence-corrected chi connectivity index (χ3v) is 4.19. The maximum absolute atomic E-state index is 13.7. The molecule has 0 saturated heterocycles. The number of hydrogen-bond donors (Lipinski definition) is 1. The average Bonchev–Trinajstić information content (AvgIpc) is 2.73. The summed E-state index contributed by atoms with van der Waals surface area (Å²) in [5.41, 5.74) is 0.0597.